The molecule has 1 atom stereocenters. The average molecular weight is 310 g/mol. The van der Waals surface area contributed by atoms with Crippen LogP contribution in [0.3, 0.4) is 0 Å². The van der Waals surface area contributed by atoms with Crippen LogP contribution in [-0.4, -0.2) is 9.67 Å². The van der Waals surface area contributed by atoms with Crippen molar-refractivity contribution < 1.29 is 9.50 Å². The normalized spacial score (nSPS) is 18.7. The van der Waals surface area contributed by atoms with Gasteiger partial charge in [-0.3, -0.25) is 0 Å². The lowest BCUT2D eigenvalue weighted by atomic mass is 9.95. The fourth-order valence-corrected chi connectivity index (χ4v) is 2.79. The number of hydrogen-bond acceptors (Lipinski definition) is 1. The number of fused-ring (bicyclic) bond motifs is 1. The molecule has 2 aromatic rings. The molecule has 1 heterocycles. The van der Waals surface area contributed by atoms with Crippen molar-refractivity contribution in [1.82, 2.24) is 4.57 Å². The topological polar surface area (TPSA) is 25.2 Å². The van der Waals surface area contributed by atoms with Crippen LogP contribution in [0.25, 0.3) is 5.69 Å². The van der Waals surface area contributed by atoms with E-state index in [2.05, 4.69) is 15.9 Å². The van der Waals surface area contributed by atoms with Crippen LogP contribution in [0.15, 0.2) is 34.9 Å². The van der Waals surface area contributed by atoms with Crippen LogP contribution >= 0.6 is 15.9 Å². The molecule has 0 bridgehead atoms. The van der Waals surface area contributed by atoms with Crippen LogP contribution < -0.4 is 0 Å². The second-order valence-corrected chi connectivity index (χ2v) is 5.45. The molecule has 0 saturated heterocycles. The van der Waals surface area contributed by atoms with Gasteiger partial charge >= 0.3 is 0 Å². The molecular formula is C14H13BrFNO. The highest BCUT2D eigenvalue weighted by Gasteiger charge is 2.21. The molecule has 0 fully saturated rings. The number of rotatable bonds is 1. The summed E-state index contributed by atoms with van der Waals surface area (Å²) >= 11 is 3.15. The van der Waals surface area contributed by atoms with E-state index in [0.29, 0.717) is 4.47 Å². The zero-order valence-corrected chi connectivity index (χ0v) is 11.3. The largest absolute Gasteiger partial charge is 0.388 e. The van der Waals surface area contributed by atoms with Gasteiger partial charge in [-0.2, -0.15) is 0 Å². The van der Waals surface area contributed by atoms with Crippen LogP contribution in [0.1, 0.15) is 30.2 Å². The van der Waals surface area contributed by atoms with Crippen molar-refractivity contribution in [3.05, 3.63) is 52.0 Å². The highest BCUT2D eigenvalue weighted by atomic mass is 79.9. The summed E-state index contributed by atoms with van der Waals surface area (Å²) in [5, 5.41) is 9.93. The van der Waals surface area contributed by atoms with Gasteiger partial charge in [-0.25, -0.2) is 4.39 Å². The van der Waals surface area contributed by atoms with Gasteiger partial charge in [0.05, 0.1) is 10.6 Å². The molecule has 0 saturated carbocycles. The van der Waals surface area contributed by atoms with E-state index in [1.807, 2.05) is 22.9 Å². The molecule has 4 heteroatoms. The second-order valence-electron chi connectivity index (χ2n) is 4.59. The van der Waals surface area contributed by atoms with E-state index in [-0.39, 0.29) is 11.9 Å². The molecule has 1 unspecified atom stereocenters. The summed E-state index contributed by atoms with van der Waals surface area (Å²) < 4.78 is 16.0. The summed E-state index contributed by atoms with van der Waals surface area (Å²) in [4.78, 5) is 0. The number of halogens is 2. The minimum absolute atomic E-state index is 0.272. The SMILES string of the molecule is OC1CCCc2c1ccn2-c1ccc(Br)c(F)c1. The average Bonchev–Trinajstić information content (AvgIpc) is 2.78. The maximum atomic E-state index is 13.6. The molecule has 1 N–H and O–H groups in total. The monoisotopic (exact) mass is 309 g/mol. The van der Waals surface area contributed by atoms with Crippen LogP contribution in [0.5, 0.6) is 0 Å². The Hall–Kier alpha value is -1.13. The van der Waals surface area contributed by atoms with Crippen LogP contribution in [0, 0.1) is 5.82 Å². The smallest absolute Gasteiger partial charge is 0.139 e. The number of hydrogen-bond donors (Lipinski definition) is 1. The Kier molecular flexibility index (Phi) is 2.99. The van der Waals surface area contributed by atoms with E-state index in [4.69, 9.17) is 0 Å². The summed E-state index contributed by atoms with van der Waals surface area (Å²) in [5.74, 6) is -0.272. The number of aliphatic hydroxyl groups excluding tert-OH is 1. The van der Waals surface area contributed by atoms with Gasteiger partial charge in [0.25, 0.3) is 0 Å². The van der Waals surface area contributed by atoms with Gasteiger partial charge < -0.3 is 9.67 Å². The lowest BCUT2D eigenvalue weighted by molar-refractivity contribution is 0.156. The van der Waals surface area contributed by atoms with E-state index in [0.717, 1.165) is 36.2 Å². The van der Waals surface area contributed by atoms with E-state index in [1.54, 1.807) is 6.07 Å². The van der Waals surface area contributed by atoms with Crippen molar-refractivity contribution in [3.63, 3.8) is 0 Å². The van der Waals surface area contributed by atoms with Crippen molar-refractivity contribution >= 4 is 15.9 Å². The Balaban J connectivity index is 2.09. The van der Waals surface area contributed by atoms with Gasteiger partial charge in [-0.05, 0) is 59.5 Å². The number of aliphatic hydroxyl groups is 1. The summed E-state index contributed by atoms with van der Waals surface area (Å²) in [5.41, 5.74) is 2.87. The minimum Gasteiger partial charge on any atom is -0.388 e. The molecule has 0 aliphatic heterocycles. The Morgan fingerprint density at radius 3 is 2.94 bits per heavy atom. The van der Waals surface area contributed by atoms with Crippen molar-refractivity contribution in [3.8, 4) is 5.69 Å². The van der Waals surface area contributed by atoms with E-state index < -0.39 is 0 Å². The molecule has 1 aromatic heterocycles. The van der Waals surface area contributed by atoms with E-state index >= 15 is 0 Å². The summed E-state index contributed by atoms with van der Waals surface area (Å²) in [6.07, 6.45) is 4.23. The highest BCUT2D eigenvalue weighted by molar-refractivity contribution is 9.10. The molecule has 94 valence electrons. The Labute approximate surface area is 113 Å². The molecule has 1 aliphatic rings. The molecule has 1 aromatic carbocycles. The lowest BCUT2D eigenvalue weighted by Gasteiger charge is -2.20. The Bertz CT molecular complexity index is 593. The maximum Gasteiger partial charge on any atom is 0.139 e. The first kappa shape index (κ1) is 11.9. The van der Waals surface area contributed by atoms with E-state index in [1.165, 1.54) is 6.07 Å². The van der Waals surface area contributed by atoms with Gasteiger partial charge in [0.15, 0.2) is 0 Å². The molecule has 18 heavy (non-hydrogen) atoms. The molecule has 2 nitrogen and oxygen atoms in total. The molecule has 3 rings (SSSR count). The number of aromatic nitrogens is 1. The maximum absolute atomic E-state index is 13.6. The van der Waals surface area contributed by atoms with Gasteiger partial charge in [0.1, 0.15) is 5.82 Å². The van der Waals surface area contributed by atoms with Crippen LogP contribution in [-0.2, 0) is 6.42 Å². The zero-order valence-electron chi connectivity index (χ0n) is 9.74. The molecule has 1 aliphatic carbocycles. The van der Waals surface area contributed by atoms with Crippen molar-refractivity contribution in [2.75, 3.05) is 0 Å². The third kappa shape index (κ3) is 1.89. The van der Waals surface area contributed by atoms with Crippen molar-refractivity contribution in [1.29, 1.82) is 0 Å². The fourth-order valence-electron chi connectivity index (χ4n) is 2.54. The van der Waals surface area contributed by atoms with Crippen LogP contribution in [0.4, 0.5) is 4.39 Å². The highest BCUT2D eigenvalue weighted by Crippen LogP contribution is 2.32. The van der Waals surface area contributed by atoms with Crippen molar-refractivity contribution in [2.45, 2.75) is 25.4 Å². The second kappa shape index (κ2) is 4.52. The molecule has 0 amide bonds. The molecular weight excluding hydrogens is 297 g/mol. The van der Waals surface area contributed by atoms with Gasteiger partial charge in [-0.1, -0.05) is 0 Å². The first-order valence-electron chi connectivity index (χ1n) is 6.00. The minimum atomic E-state index is -0.379. The summed E-state index contributed by atoms with van der Waals surface area (Å²) in [7, 11) is 0. The van der Waals surface area contributed by atoms with Crippen LogP contribution in [0.2, 0.25) is 0 Å². The number of benzene rings is 1. The predicted molar refractivity (Wildman–Crippen MR) is 71.3 cm³/mol. The van der Waals surface area contributed by atoms with Gasteiger partial charge in [0.2, 0.25) is 0 Å². The summed E-state index contributed by atoms with van der Waals surface area (Å²) in [6.45, 7) is 0. The first-order valence-corrected chi connectivity index (χ1v) is 6.80. The number of nitrogens with zero attached hydrogens (tertiary/aromatic N) is 1. The summed E-state index contributed by atoms with van der Waals surface area (Å²) in [6, 6.07) is 7.01. The fraction of sp³-hybridized carbons (Fsp3) is 0.286. The molecule has 0 spiro atoms. The Morgan fingerprint density at radius 2 is 2.17 bits per heavy atom. The van der Waals surface area contributed by atoms with Gasteiger partial charge in [0, 0.05) is 23.1 Å². The first-order chi connectivity index (χ1) is 8.66. The quantitative estimate of drug-likeness (QED) is 0.852. The standard InChI is InChI=1S/C14H13BrFNO/c15-11-5-4-9(8-12(11)16)17-7-6-10-13(17)2-1-3-14(10)18/h4-8,14,18H,1-3H2. The van der Waals surface area contributed by atoms with Crippen molar-refractivity contribution in [2.24, 2.45) is 0 Å². The zero-order chi connectivity index (χ0) is 12.7. The molecule has 0 radical (unpaired) electrons. The predicted octanol–water partition coefficient (Wildman–Crippen LogP) is 3.75. The van der Waals surface area contributed by atoms with E-state index in [9.17, 15) is 9.50 Å². The lowest BCUT2D eigenvalue weighted by Crippen LogP contribution is -2.11. The Morgan fingerprint density at radius 1 is 1.33 bits per heavy atom. The van der Waals surface area contributed by atoms with Gasteiger partial charge in [-0.15, -0.1) is 0 Å². The third-order valence-corrected chi connectivity index (χ3v) is 4.10. The third-order valence-electron chi connectivity index (χ3n) is 3.46.